The van der Waals surface area contributed by atoms with E-state index in [0.717, 1.165) is 11.1 Å². The van der Waals surface area contributed by atoms with Gasteiger partial charge in [-0.15, -0.1) is 0 Å². The van der Waals surface area contributed by atoms with Crippen molar-refractivity contribution in [2.45, 2.75) is 6.92 Å². The number of rotatable bonds is 3. The van der Waals surface area contributed by atoms with Crippen LogP contribution in [-0.4, -0.2) is 22.9 Å². The van der Waals surface area contributed by atoms with Crippen LogP contribution in [0.1, 0.15) is 22.8 Å². The van der Waals surface area contributed by atoms with Crippen molar-refractivity contribution in [2.24, 2.45) is 23.7 Å². The van der Waals surface area contributed by atoms with Gasteiger partial charge < -0.3 is 5.11 Å². The van der Waals surface area contributed by atoms with Gasteiger partial charge in [-0.1, -0.05) is 48.1 Å². The molecule has 0 radical (unpaired) electrons. The van der Waals surface area contributed by atoms with Crippen molar-refractivity contribution >= 4 is 29.0 Å². The predicted molar refractivity (Wildman–Crippen MR) is 108 cm³/mol. The Bertz CT molecular complexity index is 1060. The van der Waals surface area contributed by atoms with Crippen molar-refractivity contribution in [2.75, 3.05) is 4.90 Å². The summed E-state index contributed by atoms with van der Waals surface area (Å²) in [5.74, 6) is -2.33. The van der Waals surface area contributed by atoms with E-state index in [-0.39, 0.29) is 41.0 Å². The molecular weight excluding hydrogens is 366 g/mol. The molecule has 2 bridgehead atoms. The van der Waals surface area contributed by atoms with Gasteiger partial charge in [0.1, 0.15) is 0 Å². The average Bonchev–Trinajstić information content (AvgIpc) is 3.38. The molecule has 2 aromatic carbocycles. The first-order valence-electron chi connectivity index (χ1n) is 9.64. The maximum absolute atomic E-state index is 13.2. The van der Waals surface area contributed by atoms with Gasteiger partial charge in [0.05, 0.1) is 23.1 Å². The van der Waals surface area contributed by atoms with Crippen LogP contribution in [-0.2, 0) is 9.59 Å². The molecule has 1 heterocycles. The van der Waals surface area contributed by atoms with Gasteiger partial charge in [0.25, 0.3) is 0 Å². The largest absolute Gasteiger partial charge is 0.478 e. The Morgan fingerprint density at radius 3 is 1.90 bits per heavy atom. The Labute approximate surface area is 168 Å². The summed E-state index contributed by atoms with van der Waals surface area (Å²) in [4.78, 5) is 38.8. The number of carboxylic acids is 1. The number of carbonyl (C=O) groups is 3. The van der Waals surface area contributed by atoms with Crippen molar-refractivity contribution in [3.8, 4) is 0 Å². The number of carbonyl (C=O) groups excluding carboxylic acids is 2. The number of imide groups is 1. The van der Waals surface area contributed by atoms with Crippen LogP contribution in [0.5, 0.6) is 0 Å². The molecule has 144 valence electrons. The molecule has 5 heteroatoms. The quantitative estimate of drug-likeness (QED) is 0.645. The number of carboxylic acid groups (broad SMARTS) is 1. The summed E-state index contributed by atoms with van der Waals surface area (Å²) >= 11 is 0. The molecule has 0 spiro atoms. The molecule has 5 nitrogen and oxygen atoms in total. The van der Waals surface area contributed by atoms with Crippen LogP contribution in [0.2, 0.25) is 0 Å². The Kier molecular flexibility index (Phi) is 3.81. The molecule has 3 aliphatic rings. The second-order valence-electron chi connectivity index (χ2n) is 7.80. The minimum absolute atomic E-state index is 0.0649. The molecule has 1 N–H and O–H groups in total. The Morgan fingerprint density at radius 1 is 0.828 bits per heavy atom. The number of allylic oxidation sites excluding steroid dienone is 4. The molecule has 1 aliphatic heterocycles. The maximum atomic E-state index is 13.2. The lowest BCUT2D eigenvalue weighted by molar-refractivity contribution is -0.122. The molecule has 4 atom stereocenters. The van der Waals surface area contributed by atoms with Crippen LogP contribution < -0.4 is 4.90 Å². The predicted octanol–water partition coefficient (Wildman–Crippen LogP) is 3.78. The minimum Gasteiger partial charge on any atom is -0.478 e. The molecule has 2 aromatic rings. The Morgan fingerprint density at radius 2 is 1.38 bits per heavy atom. The number of amides is 2. The molecule has 1 saturated heterocycles. The highest BCUT2D eigenvalue weighted by Gasteiger charge is 2.62. The highest BCUT2D eigenvalue weighted by molar-refractivity contribution is 6.23. The van der Waals surface area contributed by atoms with Gasteiger partial charge in [-0.25, -0.2) is 9.69 Å². The molecule has 0 aromatic heterocycles. The van der Waals surface area contributed by atoms with E-state index in [1.54, 1.807) is 0 Å². The molecule has 0 unspecified atom stereocenters. The van der Waals surface area contributed by atoms with Crippen molar-refractivity contribution in [3.05, 3.63) is 83.4 Å². The summed E-state index contributed by atoms with van der Waals surface area (Å²) in [6.07, 6.45) is 4.13. The maximum Gasteiger partial charge on any atom is 0.335 e. The van der Waals surface area contributed by atoms with Crippen LogP contribution in [0.4, 0.5) is 5.69 Å². The summed E-state index contributed by atoms with van der Waals surface area (Å²) in [6, 6.07) is 16.0. The van der Waals surface area contributed by atoms with Crippen LogP contribution in [0, 0.1) is 23.7 Å². The zero-order chi connectivity index (χ0) is 20.3. The lowest BCUT2D eigenvalue weighted by Gasteiger charge is -2.20. The van der Waals surface area contributed by atoms with Crippen LogP contribution >= 0.6 is 0 Å². The monoisotopic (exact) mass is 385 g/mol. The number of hydrogen-bond acceptors (Lipinski definition) is 3. The normalized spacial score (nSPS) is 26.9. The van der Waals surface area contributed by atoms with E-state index in [1.165, 1.54) is 34.7 Å². The number of anilines is 1. The van der Waals surface area contributed by atoms with Gasteiger partial charge in [-0.05, 0) is 42.3 Å². The first-order valence-corrected chi connectivity index (χ1v) is 9.64. The van der Waals surface area contributed by atoms with Gasteiger partial charge in [-0.2, -0.15) is 0 Å². The molecule has 29 heavy (non-hydrogen) atoms. The Balaban J connectivity index is 1.51. The highest BCUT2D eigenvalue weighted by Crippen LogP contribution is 2.58. The SMILES string of the molecule is CC(=C1[C@H]2C=C[C@H]1[C@H]1C(=O)N(c3ccc(C(=O)O)cc3)C(=O)[C@@H]12)c1ccccc1. The fraction of sp³-hybridized carbons (Fsp3) is 0.208. The summed E-state index contributed by atoms with van der Waals surface area (Å²) in [7, 11) is 0. The zero-order valence-electron chi connectivity index (χ0n) is 15.8. The highest BCUT2D eigenvalue weighted by atomic mass is 16.4. The smallest absolute Gasteiger partial charge is 0.335 e. The van der Waals surface area contributed by atoms with Crippen molar-refractivity contribution in [1.29, 1.82) is 0 Å². The summed E-state index contributed by atoms with van der Waals surface area (Å²) in [5.41, 5.74) is 3.98. The third-order valence-electron chi connectivity index (χ3n) is 6.43. The molecule has 2 aliphatic carbocycles. The minimum atomic E-state index is -1.04. The van der Waals surface area contributed by atoms with Gasteiger partial charge in [0, 0.05) is 11.8 Å². The topological polar surface area (TPSA) is 74.7 Å². The van der Waals surface area contributed by atoms with Crippen LogP contribution in [0.15, 0.2) is 72.3 Å². The fourth-order valence-electron chi connectivity index (χ4n) is 5.13. The van der Waals surface area contributed by atoms with Gasteiger partial charge in [0.15, 0.2) is 0 Å². The third kappa shape index (κ3) is 2.43. The fourth-order valence-corrected chi connectivity index (χ4v) is 5.13. The van der Waals surface area contributed by atoms with E-state index in [4.69, 9.17) is 5.11 Å². The van der Waals surface area contributed by atoms with E-state index in [9.17, 15) is 14.4 Å². The summed E-state index contributed by atoms with van der Waals surface area (Å²) < 4.78 is 0. The molecule has 5 rings (SSSR count). The van der Waals surface area contributed by atoms with E-state index in [2.05, 4.69) is 31.2 Å². The number of fused-ring (bicyclic) bond motifs is 5. The van der Waals surface area contributed by atoms with Gasteiger partial charge in [-0.3, -0.25) is 9.59 Å². The number of benzene rings is 2. The standard InChI is InChI=1S/C24H19NO4/c1-13(14-5-3-2-4-6-14)19-17-11-12-18(19)21-20(17)22(26)25(23(21)27)16-9-7-15(8-10-16)24(28)29/h2-12,17-18,20-21H,1H3,(H,28,29)/t17-,18-,20-,21-/m1/s1. The van der Waals surface area contributed by atoms with Crippen LogP contribution in [0.25, 0.3) is 5.57 Å². The summed E-state index contributed by atoms with van der Waals surface area (Å²) in [6.45, 7) is 2.07. The van der Waals surface area contributed by atoms with E-state index in [0.29, 0.717) is 5.69 Å². The van der Waals surface area contributed by atoms with Crippen LogP contribution in [0.3, 0.4) is 0 Å². The third-order valence-corrected chi connectivity index (χ3v) is 6.43. The molecule has 2 fully saturated rings. The van der Waals surface area contributed by atoms with E-state index in [1.807, 2.05) is 18.2 Å². The van der Waals surface area contributed by atoms with E-state index < -0.39 is 5.97 Å². The first-order chi connectivity index (χ1) is 14.0. The van der Waals surface area contributed by atoms with Crippen molar-refractivity contribution in [3.63, 3.8) is 0 Å². The first kappa shape index (κ1) is 17.6. The number of hydrogen-bond donors (Lipinski definition) is 1. The average molecular weight is 385 g/mol. The number of aromatic carboxylic acids is 1. The molecule has 1 saturated carbocycles. The number of nitrogens with zero attached hydrogens (tertiary/aromatic N) is 1. The second kappa shape index (κ2) is 6.27. The lowest BCUT2D eigenvalue weighted by Crippen LogP contribution is -2.33. The van der Waals surface area contributed by atoms with Gasteiger partial charge in [0.2, 0.25) is 11.8 Å². The van der Waals surface area contributed by atoms with Crippen molar-refractivity contribution in [1.82, 2.24) is 0 Å². The molecular formula is C24H19NO4. The van der Waals surface area contributed by atoms with Gasteiger partial charge >= 0.3 is 5.97 Å². The Hall–Kier alpha value is -3.47. The summed E-state index contributed by atoms with van der Waals surface area (Å²) in [5, 5.41) is 9.07. The zero-order valence-corrected chi connectivity index (χ0v) is 15.8. The second-order valence-corrected chi connectivity index (χ2v) is 7.80. The van der Waals surface area contributed by atoms with E-state index >= 15 is 0 Å². The van der Waals surface area contributed by atoms with Crippen molar-refractivity contribution < 1.29 is 19.5 Å². The lowest BCUT2D eigenvalue weighted by atomic mass is 9.85. The molecule has 2 amide bonds.